The zero-order valence-electron chi connectivity index (χ0n) is 15.2. The number of carbonyl (C=O) groups excluding carboxylic acids is 1. The van der Waals surface area contributed by atoms with E-state index in [1.165, 1.54) is 30.5 Å². The summed E-state index contributed by atoms with van der Waals surface area (Å²) in [7, 11) is 0. The third kappa shape index (κ3) is 3.87. The van der Waals surface area contributed by atoms with Gasteiger partial charge in [0.2, 0.25) is 0 Å². The fourth-order valence-electron chi connectivity index (χ4n) is 3.31. The van der Waals surface area contributed by atoms with Gasteiger partial charge in [0.15, 0.2) is 11.7 Å². The molecular weight excluding hydrogens is 428 g/mol. The number of amides is 1. The second kappa shape index (κ2) is 7.67. The fourth-order valence-corrected chi connectivity index (χ4v) is 3.58. The number of anilines is 1. The minimum Gasteiger partial charge on any atom is -0.467 e. The van der Waals surface area contributed by atoms with Crippen LogP contribution in [0.15, 0.2) is 47.1 Å². The minimum atomic E-state index is -4.63. The lowest BCUT2D eigenvalue weighted by Crippen LogP contribution is -2.35. The maximum Gasteiger partial charge on any atom is 0.410 e. The van der Waals surface area contributed by atoms with E-state index in [1.54, 1.807) is 12.1 Å². The molecule has 3 heterocycles. The highest BCUT2D eigenvalue weighted by Crippen LogP contribution is 2.46. The van der Waals surface area contributed by atoms with Crippen LogP contribution in [0.2, 0.25) is 5.02 Å². The van der Waals surface area contributed by atoms with Crippen LogP contribution in [0.5, 0.6) is 0 Å². The summed E-state index contributed by atoms with van der Waals surface area (Å²) in [6.07, 6.45) is -3.60. The van der Waals surface area contributed by atoms with E-state index in [4.69, 9.17) is 16.0 Å². The van der Waals surface area contributed by atoms with Crippen LogP contribution in [0.4, 0.5) is 23.4 Å². The molecule has 0 saturated heterocycles. The van der Waals surface area contributed by atoms with E-state index in [1.807, 2.05) is 0 Å². The number of alkyl halides is 3. The molecule has 2 unspecified atom stereocenters. The third-order valence-corrected chi connectivity index (χ3v) is 5.14. The molecule has 1 aliphatic heterocycles. The van der Waals surface area contributed by atoms with Crippen molar-refractivity contribution in [1.29, 1.82) is 0 Å². The largest absolute Gasteiger partial charge is 0.467 e. The number of rotatable bonds is 4. The average molecular weight is 443 g/mol. The number of fused-ring (bicyclic) bond motifs is 1. The molecular formula is C19H15ClF4N4O2. The Morgan fingerprint density at radius 3 is 2.67 bits per heavy atom. The van der Waals surface area contributed by atoms with Gasteiger partial charge in [0.1, 0.15) is 22.4 Å². The summed E-state index contributed by atoms with van der Waals surface area (Å²) in [6.45, 7) is 0.0265. The molecule has 3 aromatic rings. The van der Waals surface area contributed by atoms with Gasteiger partial charge in [-0.1, -0.05) is 23.7 Å². The highest BCUT2D eigenvalue weighted by molar-refractivity contribution is 6.36. The topological polar surface area (TPSA) is 72.1 Å². The average Bonchev–Trinajstić information content (AvgIpc) is 3.33. The SMILES string of the molecule is O=C(NCc1ccco1)c1nn2c(c1Cl)NC(c1ccc(F)cc1)CC2C(F)(F)F. The number of hydrogen-bond acceptors (Lipinski definition) is 4. The highest BCUT2D eigenvalue weighted by Gasteiger charge is 2.47. The van der Waals surface area contributed by atoms with Crippen molar-refractivity contribution in [2.75, 3.05) is 5.32 Å². The van der Waals surface area contributed by atoms with Gasteiger partial charge < -0.3 is 15.1 Å². The third-order valence-electron chi connectivity index (χ3n) is 4.79. The van der Waals surface area contributed by atoms with Crippen molar-refractivity contribution in [3.8, 4) is 0 Å². The lowest BCUT2D eigenvalue weighted by Gasteiger charge is -2.33. The van der Waals surface area contributed by atoms with Gasteiger partial charge in [0, 0.05) is 6.42 Å². The van der Waals surface area contributed by atoms with E-state index in [2.05, 4.69) is 15.7 Å². The van der Waals surface area contributed by atoms with E-state index < -0.39 is 36.4 Å². The standard InChI is InChI=1S/C19H15ClF4N4O2/c20-15-16(18(29)25-9-12-2-1-7-30-12)27-28-14(19(22,23)24)8-13(26-17(15)28)10-3-5-11(21)6-4-10/h1-7,13-14,26H,8-9H2,(H,25,29). The summed E-state index contributed by atoms with van der Waals surface area (Å²) < 4.78 is 60.2. The van der Waals surface area contributed by atoms with Crippen molar-refractivity contribution in [1.82, 2.24) is 15.1 Å². The summed E-state index contributed by atoms with van der Waals surface area (Å²) in [5.41, 5.74) is 0.123. The molecule has 6 nitrogen and oxygen atoms in total. The zero-order valence-corrected chi connectivity index (χ0v) is 16.0. The van der Waals surface area contributed by atoms with E-state index in [9.17, 15) is 22.4 Å². The van der Waals surface area contributed by atoms with Crippen molar-refractivity contribution < 1.29 is 26.8 Å². The molecule has 0 fully saturated rings. The smallest absolute Gasteiger partial charge is 0.410 e. The molecule has 0 saturated carbocycles. The van der Waals surface area contributed by atoms with Crippen molar-refractivity contribution >= 4 is 23.3 Å². The molecule has 1 aromatic carbocycles. The monoisotopic (exact) mass is 442 g/mol. The first-order chi connectivity index (χ1) is 14.2. The van der Waals surface area contributed by atoms with Gasteiger partial charge in [-0.3, -0.25) is 4.79 Å². The van der Waals surface area contributed by atoms with Crippen molar-refractivity contribution in [2.45, 2.75) is 31.2 Å². The Kier molecular flexibility index (Phi) is 5.19. The molecule has 1 amide bonds. The quantitative estimate of drug-likeness (QED) is 0.566. The highest BCUT2D eigenvalue weighted by atomic mass is 35.5. The summed E-state index contributed by atoms with van der Waals surface area (Å²) in [5, 5.41) is 9.02. The molecule has 0 spiro atoms. The number of nitrogens with zero attached hydrogens (tertiary/aromatic N) is 2. The summed E-state index contributed by atoms with van der Waals surface area (Å²) in [4.78, 5) is 12.5. The molecule has 0 aliphatic carbocycles. The Labute approximate surface area is 172 Å². The summed E-state index contributed by atoms with van der Waals surface area (Å²) in [5.74, 6) is -0.895. The molecule has 2 atom stereocenters. The predicted octanol–water partition coefficient (Wildman–Crippen LogP) is 4.86. The van der Waals surface area contributed by atoms with Crippen molar-refractivity contribution in [3.05, 3.63) is 70.5 Å². The molecule has 0 bridgehead atoms. The maximum atomic E-state index is 13.7. The maximum absolute atomic E-state index is 13.7. The Bertz CT molecular complexity index is 1050. The summed E-state index contributed by atoms with van der Waals surface area (Å²) >= 11 is 6.23. The Morgan fingerprint density at radius 1 is 1.30 bits per heavy atom. The van der Waals surface area contributed by atoms with E-state index >= 15 is 0 Å². The first kappa shape index (κ1) is 20.3. The Morgan fingerprint density at radius 2 is 2.03 bits per heavy atom. The summed E-state index contributed by atoms with van der Waals surface area (Å²) in [6, 6.07) is 5.60. The molecule has 4 rings (SSSR count). The lowest BCUT2D eigenvalue weighted by molar-refractivity contribution is -0.173. The van der Waals surface area contributed by atoms with Gasteiger partial charge in [-0.2, -0.15) is 18.3 Å². The predicted molar refractivity (Wildman–Crippen MR) is 99.6 cm³/mol. The number of halogens is 5. The molecule has 1 aliphatic rings. The molecule has 30 heavy (non-hydrogen) atoms. The number of nitrogens with one attached hydrogen (secondary N) is 2. The van der Waals surface area contributed by atoms with Gasteiger partial charge in [-0.15, -0.1) is 0 Å². The number of benzene rings is 1. The number of hydrogen-bond donors (Lipinski definition) is 2. The van der Waals surface area contributed by atoms with Crippen LogP contribution in [-0.4, -0.2) is 21.9 Å². The van der Waals surface area contributed by atoms with Crippen LogP contribution in [0.1, 0.15) is 40.3 Å². The first-order valence-electron chi connectivity index (χ1n) is 8.91. The zero-order chi connectivity index (χ0) is 21.5. The Hall–Kier alpha value is -3.01. The molecule has 2 N–H and O–H groups in total. The van der Waals surface area contributed by atoms with E-state index in [0.29, 0.717) is 16.0 Å². The number of aromatic nitrogens is 2. The van der Waals surface area contributed by atoms with Gasteiger partial charge in [0.05, 0.1) is 18.8 Å². The van der Waals surface area contributed by atoms with E-state index in [-0.39, 0.29) is 23.1 Å². The van der Waals surface area contributed by atoms with E-state index in [0.717, 1.165) is 0 Å². The van der Waals surface area contributed by atoms with Gasteiger partial charge in [0.25, 0.3) is 5.91 Å². The van der Waals surface area contributed by atoms with Crippen LogP contribution in [0.25, 0.3) is 0 Å². The van der Waals surface area contributed by atoms with Crippen molar-refractivity contribution in [3.63, 3.8) is 0 Å². The fraction of sp³-hybridized carbons (Fsp3) is 0.263. The number of carbonyl (C=O) groups is 1. The molecule has 2 aromatic heterocycles. The second-order valence-corrected chi connectivity index (χ2v) is 7.14. The first-order valence-corrected chi connectivity index (χ1v) is 9.29. The van der Waals surface area contributed by atoms with Gasteiger partial charge in [-0.05, 0) is 29.8 Å². The molecule has 0 radical (unpaired) electrons. The van der Waals surface area contributed by atoms with Crippen LogP contribution in [-0.2, 0) is 6.54 Å². The van der Waals surface area contributed by atoms with Gasteiger partial charge in [-0.25, -0.2) is 9.07 Å². The van der Waals surface area contributed by atoms with Crippen LogP contribution < -0.4 is 10.6 Å². The van der Waals surface area contributed by atoms with Crippen LogP contribution >= 0.6 is 11.6 Å². The number of furan rings is 1. The van der Waals surface area contributed by atoms with Crippen molar-refractivity contribution in [2.24, 2.45) is 0 Å². The normalized spacial score (nSPS) is 18.6. The lowest BCUT2D eigenvalue weighted by atomic mass is 9.97. The molecule has 11 heteroatoms. The molecule has 158 valence electrons. The van der Waals surface area contributed by atoms with Gasteiger partial charge >= 0.3 is 6.18 Å². The van der Waals surface area contributed by atoms with Crippen LogP contribution in [0.3, 0.4) is 0 Å². The Balaban J connectivity index is 1.65. The van der Waals surface area contributed by atoms with Crippen LogP contribution in [0, 0.1) is 5.82 Å². The second-order valence-electron chi connectivity index (χ2n) is 6.76. The minimum absolute atomic E-state index is 0.0265.